The van der Waals surface area contributed by atoms with Crippen molar-refractivity contribution in [2.45, 2.75) is 33.4 Å². The molecule has 0 unspecified atom stereocenters. The quantitative estimate of drug-likeness (QED) is 0.436. The van der Waals surface area contributed by atoms with E-state index in [9.17, 15) is 9.59 Å². The van der Waals surface area contributed by atoms with Crippen LogP contribution in [0.1, 0.15) is 25.5 Å². The molecule has 1 aromatic carbocycles. The second kappa shape index (κ2) is 9.42. The Morgan fingerprint density at radius 2 is 2.06 bits per heavy atom. The van der Waals surface area contributed by atoms with Gasteiger partial charge >= 0.3 is 0 Å². The molecule has 2 N–H and O–H groups in total. The van der Waals surface area contributed by atoms with E-state index in [0.717, 1.165) is 22.3 Å². The van der Waals surface area contributed by atoms with E-state index < -0.39 is 0 Å². The lowest BCUT2D eigenvalue weighted by Gasteiger charge is -2.12. The molecule has 0 spiro atoms. The van der Waals surface area contributed by atoms with E-state index in [0.29, 0.717) is 30.8 Å². The average Bonchev–Trinajstić information content (AvgIpc) is 3.17. The van der Waals surface area contributed by atoms with E-state index in [-0.39, 0.29) is 26.7 Å². The van der Waals surface area contributed by atoms with Gasteiger partial charge in [0.15, 0.2) is 11.4 Å². The molecule has 1 amide bonds. The summed E-state index contributed by atoms with van der Waals surface area (Å²) < 4.78 is 6.62. The molecule has 4 rings (SSSR count). The van der Waals surface area contributed by atoms with Gasteiger partial charge < -0.3 is 15.2 Å². The predicted molar refractivity (Wildman–Crippen MR) is 124 cm³/mol. The molecule has 9 nitrogen and oxygen atoms in total. The Labute approximate surface area is 187 Å². The van der Waals surface area contributed by atoms with E-state index in [1.54, 1.807) is 19.3 Å². The van der Waals surface area contributed by atoms with Crippen molar-refractivity contribution < 1.29 is 12.2 Å². The Kier molecular flexibility index (Phi) is 6.25. The van der Waals surface area contributed by atoms with Gasteiger partial charge in [0.1, 0.15) is 6.54 Å². The molecule has 4 aromatic rings. The fourth-order valence-corrected chi connectivity index (χ4v) is 3.36. The molecule has 0 radical (unpaired) electrons. The zero-order valence-electron chi connectivity index (χ0n) is 18.0. The minimum absolute atomic E-state index is 0. The van der Waals surface area contributed by atoms with E-state index >= 15 is 0 Å². The van der Waals surface area contributed by atoms with E-state index in [4.69, 9.17) is 4.52 Å². The number of carbonyl (C=O) groups is 1. The molecular formula is C23H28N6O3. The molecule has 0 aliphatic heterocycles. The Morgan fingerprint density at radius 3 is 2.88 bits per heavy atom. The number of amides is 1. The third-order valence-electron chi connectivity index (χ3n) is 5.16. The number of nitrogens with zero attached hydrogens (tertiary/aromatic N) is 4. The molecule has 9 heteroatoms. The van der Waals surface area contributed by atoms with Crippen LogP contribution in [0, 0.1) is 13.8 Å². The molecule has 0 atom stereocenters. The third-order valence-corrected chi connectivity index (χ3v) is 5.16. The highest BCUT2D eigenvalue weighted by Crippen LogP contribution is 2.19. The van der Waals surface area contributed by atoms with Gasteiger partial charge in [-0.05, 0) is 43.7 Å². The third kappa shape index (κ3) is 4.83. The molecule has 168 valence electrons. The van der Waals surface area contributed by atoms with Crippen LogP contribution in [-0.2, 0) is 24.3 Å². The molecular weight excluding hydrogens is 408 g/mol. The highest BCUT2D eigenvalue weighted by molar-refractivity contribution is 5.80. The van der Waals surface area contributed by atoms with Crippen molar-refractivity contribution in [3.63, 3.8) is 0 Å². The van der Waals surface area contributed by atoms with Crippen molar-refractivity contribution in [2.75, 3.05) is 11.9 Å². The Balaban J connectivity index is 0.00000204. The predicted octanol–water partition coefficient (Wildman–Crippen LogP) is 2.86. The van der Waals surface area contributed by atoms with Crippen LogP contribution < -0.4 is 16.2 Å². The number of carbonyl (C=O) groups excluding carboxylic acids is 1. The van der Waals surface area contributed by atoms with Crippen LogP contribution in [0.3, 0.4) is 0 Å². The highest BCUT2D eigenvalue weighted by Gasteiger charge is 2.12. The minimum Gasteiger partial charge on any atom is -0.365 e. The fourth-order valence-electron chi connectivity index (χ4n) is 3.36. The van der Waals surface area contributed by atoms with Gasteiger partial charge in [-0.15, -0.1) is 0 Å². The van der Waals surface area contributed by atoms with Gasteiger partial charge in [0.2, 0.25) is 5.91 Å². The van der Waals surface area contributed by atoms with Gasteiger partial charge in [0, 0.05) is 51.5 Å². The number of pyridine rings is 1. The molecule has 0 aliphatic carbocycles. The van der Waals surface area contributed by atoms with Crippen molar-refractivity contribution in [1.29, 1.82) is 0 Å². The molecule has 0 bridgehead atoms. The average molecular weight is 437 g/mol. The summed E-state index contributed by atoms with van der Waals surface area (Å²) in [4.78, 5) is 33.8. The van der Waals surface area contributed by atoms with Crippen molar-refractivity contribution in [3.8, 4) is 0 Å². The number of rotatable bonds is 8. The van der Waals surface area contributed by atoms with Crippen LogP contribution in [0.4, 0.5) is 5.82 Å². The van der Waals surface area contributed by atoms with Gasteiger partial charge in [-0.1, -0.05) is 17.3 Å². The lowest BCUT2D eigenvalue weighted by Crippen LogP contribution is -2.34. The zero-order valence-corrected chi connectivity index (χ0v) is 18.0. The number of aryl methyl sites for hydroxylation is 2. The number of benzene rings is 1. The fraction of sp³-hybridized carbons (Fsp3) is 0.261. The normalized spacial score (nSPS) is 10.9. The summed E-state index contributed by atoms with van der Waals surface area (Å²) in [6.45, 7) is 4.39. The Morgan fingerprint density at radius 1 is 1.19 bits per heavy atom. The number of aromatic nitrogens is 4. The molecule has 0 saturated heterocycles. The maximum atomic E-state index is 12.8. The maximum Gasteiger partial charge on any atom is 0.293 e. The van der Waals surface area contributed by atoms with Crippen molar-refractivity contribution in [1.82, 2.24) is 25.0 Å². The largest absolute Gasteiger partial charge is 0.365 e. The lowest BCUT2D eigenvalue weighted by molar-refractivity contribution is -0.121. The number of anilines is 1. The van der Waals surface area contributed by atoms with Crippen LogP contribution >= 0.6 is 0 Å². The number of fused-ring (bicyclic) bond motifs is 1. The first-order valence-corrected chi connectivity index (χ1v) is 10.3. The zero-order chi connectivity index (χ0) is 22.5. The van der Waals surface area contributed by atoms with Gasteiger partial charge in [-0.3, -0.25) is 19.1 Å². The van der Waals surface area contributed by atoms with Crippen molar-refractivity contribution in [3.05, 3.63) is 81.8 Å². The summed E-state index contributed by atoms with van der Waals surface area (Å²) in [5, 5.41) is 10.8. The van der Waals surface area contributed by atoms with Crippen LogP contribution in [0.25, 0.3) is 11.0 Å². The monoisotopic (exact) mass is 436 g/mol. The smallest absolute Gasteiger partial charge is 0.293 e. The van der Waals surface area contributed by atoms with E-state index in [2.05, 4.69) is 25.8 Å². The van der Waals surface area contributed by atoms with E-state index in [1.807, 2.05) is 43.3 Å². The molecule has 0 fully saturated rings. The first kappa shape index (κ1) is 21.2. The number of hydrogen-bond acceptors (Lipinski definition) is 7. The van der Waals surface area contributed by atoms with Gasteiger partial charge in [-0.25, -0.2) is 4.98 Å². The summed E-state index contributed by atoms with van der Waals surface area (Å²) in [6.07, 6.45) is 3.98. The van der Waals surface area contributed by atoms with Crippen LogP contribution in [0.2, 0.25) is 0 Å². The Hall–Kier alpha value is -4.01. The van der Waals surface area contributed by atoms with Crippen molar-refractivity contribution >= 4 is 22.7 Å². The number of hydrogen-bond donors (Lipinski definition) is 2. The number of nitrogens with one attached hydrogen (secondary N) is 2. The van der Waals surface area contributed by atoms with Crippen LogP contribution in [-0.4, -0.2) is 32.1 Å². The molecule has 0 saturated carbocycles. The first-order valence-electron chi connectivity index (χ1n) is 10.3. The van der Waals surface area contributed by atoms with Gasteiger partial charge in [0.05, 0.1) is 5.69 Å². The summed E-state index contributed by atoms with van der Waals surface area (Å²) >= 11 is 0. The Bertz CT molecular complexity index is 1310. The summed E-state index contributed by atoms with van der Waals surface area (Å²) in [7, 11) is 0. The van der Waals surface area contributed by atoms with Gasteiger partial charge in [0.25, 0.3) is 5.56 Å². The van der Waals surface area contributed by atoms with Crippen molar-refractivity contribution in [2.24, 2.45) is 0 Å². The highest BCUT2D eigenvalue weighted by atomic mass is 16.5. The second-order valence-electron chi connectivity index (χ2n) is 7.51. The van der Waals surface area contributed by atoms with Gasteiger partial charge in [-0.2, -0.15) is 0 Å². The molecule has 0 aliphatic rings. The lowest BCUT2D eigenvalue weighted by atomic mass is 10.1. The maximum absolute atomic E-state index is 12.8. The molecule has 3 heterocycles. The topological polar surface area (TPSA) is 115 Å². The first-order chi connectivity index (χ1) is 15.5. The summed E-state index contributed by atoms with van der Waals surface area (Å²) in [6, 6.07) is 11.3. The SMILES string of the molecule is Cc1noc2ccc(CNC(=O)Cn3c(C)cnc(NCCc4ccccn4)c3=O)cc12.[HH].[HH]. The second-order valence-corrected chi connectivity index (χ2v) is 7.51. The summed E-state index contributed by atoms with van der Waals surface area (Å²) in [5.74, 6) is -0.0457. The summed E-state index contributed by atoms with van der Waals surface area (Å²) in [5.41, 5.74) is 3.64. The minimum atomic E-state index is -0.331. The molecule has 3 aromatic heterocycles. The van der Waals surface area contributed by atoms with Crippen LogP contribution in [0.15, 0.2) is 58.1 Å². The standard InChI is InChI=1S/C23H24N6O3.2H2/c1-15-12-27-22(25-10-8-18-5-3-4-9-24-18)23(31)29(15)14-21(30)26-13-17-6-7-20-19(11-17)16(2)28-32-20;;/h3-7,9,11-12H,8,10,13-14H2,1-2H3,(H,25,27)(H,26,30);2*1H. The molecule has 32 heavy (non-hydrogen) atoms. The van der Waals surface area contributed by atoms with Crippen LogP contribution in [0.5, 0.6) is 0 Å². The van der Waals surface area contributed by atoms with E-state index in [1.165, 1.54) is 4.57 Å².